The van der Waals surface area contributed by atoms with Crippen molar-refractivity contribution in [3.8, 4) is 0 Å². The molecule has 17 heavy (non-hydrogen) atoms. The van der Waals surface area contributed by atoms with Gasteiger partial charge >= 0.3 is 6.09 Å². The summed E-state index contributed by atoms with van der Waals surface area (Å²) in [6.45, 7) is 4.03. The number of aromatic nitrogens is 2. The second-order valence-electron chi connectivity index (χ2n) is 3.63. The third kappa shape index (κ3) is 4.36. The molecule has 0 saturated carbocycles. The fraction of sp³-hybridized carbons (Fsp3) is 0.545. The molecule has 0 unspecified atom stereocenters. The molecule has 1 amide bonds. The first kappa shape index (κ1) is 13.4. The lowest BCUT2D eigenvalue weighted by Crippen LogP contribution is -2.16. The maximum Gasteiger partial charge on any atom is 0.412 e. The van der Waals surface area contributed by atoms with E-state index in [-0.39, 0.29) is 6.61 Å². The van der Waals surface area contributed by atoms with Gasteiger partial charge in [-0.05, 0) is 25.0 Å². The van der Waals surface area contributed by atoms with E-state index in [0.717, 1.165) is 18.4 Å². The highest BCUT2D eigenvalue weighted by Crippen LogP contribution is 2.09. The Morgan fingerprint density at radius 1 is 1.53 bits per heavy atom. The number of unbranched alkanes of at least 4 members (excludes halogenated alkanes) is 1. The minimum atomic E-state index is -0.538. The van der Waals surface area contributed by atoms with Crippen LogP contribution in [0.2, 0.25) is 0 Å². The zero-order valence-corrected chi connectivity index (χ0v) is 10.1. The largest absolute Gasteiger partial charge is 0.449 e. The summed E-state index contributed by atoms with van der Waals surface area (Å²) in [6.07, 6.45) is 1.27. The fourth-order valence-corrected chi connectivity index (χ4v) is 1.18. The highest BCUT2D eigenvalue weighted by molar-refractivity contribution is 5.83. The van der Waals surface area contributed by atoms with Crippen LogP contribution in [-0.2, 0) is 11.3 Å². The molecule has 1 aromatic heterocycles. The number of aliphatic hydroxyl groups is 1. The Morgan fingerprint density at radius 2 is 2.29 bits per heavy atom. The Labute approximate surface area is 100 Å². The number of carbonyl (C=O) groups excluding carboxylic acids is 1. The van der Waals surface area contributed by atoms with Crippen LogP contribution in [0.25, 0.3) is 0 Å². The van der Waals surface area contributed by atoms with Gasteiger partial charge in [-0.2, -0.15) is 5.10 Å². The van der Waals surface area contributed by atoms with Crippen LogP contribution in [0.15, 0.2) is 6.07 Å². The molecule has 0 aliphatic heterocycles. The Kier molecular flexibility index (Phi) is 5.35. The van der Waals surface area contributed by atoms with Gasteiger partial charge in [0.05, 0.1) is 18.9 Å². The number of anilines is 1. The van der Waals surface area contributed by atoms with Crippen molar-refractivity contribution >= 4 is 11.9 Å². The lowest BCUT2D eigenvalue weighted by atomic mass is 10.2. The van der Waals surface area contributed by atoms with Gasteiger partial charge in [0.1, 0.15) is 0 Å². The van der Waals surface area contributed by atoms with Crippen molar-refractivity contribution in [3.05, 3.63) is 17.3 Å². The highest BCUT2D eigenvalue weighted by atomic mass is 16.5. The Hall–Kier alpha value is -1.69. The van der Waals surface area contributed by atoms with E-state index in [1.54, 1.807) is 13.0 Å². The molecule has 0 aliphatic carbocycles. The predicted octanol–water partition coefficient (Wildman–Crippen LogP) is 1.63. The van der Waals surface area contributed by atoms with Gasteiger partial charge in [0.15, 0.2) is 5.82 Å². The van der Waals surface area contributed by atoms with Crippen LogP contribution in [0.5, 0.6) is 0 Å². The summed E-state index contributed by atoms with van der Waals surface area (Å²) < 4.78 is 4.92. The van der Waals surface area contributed by atoms with E-state index >= 15 is 0 Å². The van der Waals surface area contributed by atoms with E-state index in [4.69, 9.17) is 9.84 Å². The van der Waals surface area contributed by atoms with Gasteiger partial charge in [-0.1, -0.05) is 13.3 Å². The number of carbonyl (C=O) groups is 1. The lowest BCUT2D eigenvalue weighted by Gasteiger charge is -2.07. The Morgan fingerprint density at radius 3 is 2.88 bits per heavy atom. The molecule has 1 heterocycles. The first-order valence-corrected chi connectivity index (χ1v) is 5.55. The molecule has 1 aromatic rings. The van der Waals surface area contributed by atoms with Crippen LogP contribution < -0.4 is 5.32 Å². The summed E-state index contributed by atoms with van der Waals surface area (Å²) in [5.74, 6) is 0.321. The van der Waals surface area contributed by atoms with Crippen LogP contribution in [0, 0.1) is 6.92 Å². The number of hydrogen-bond donors (Lipinski definition) is 2. The molecule has 0 aromatic carbocycles. The Balaban J connectivity index is 2.51. The van der Waals surface area contributed by atoms with Crippen molar-refractivity contribution in [2.75, 3.05) is 11.9 Å². The summed E-state index contributed by atoms with van der Waals surface area (Å²) in [5, 5.41) is 18.9. The molecule has 0 fully saturated rings. The molecule has 6 heteroatoms. The number of aryl methyl sites for hydroxylation is 1. The minimum absolute atomic E-state index is 0.167. The van der Waals surface area contributed by atoms with E-state index in [1.165, 1.54) is 0 Å². The molecule has 1 rings (SSSR count). The topological polar surface area (TPSA) is 84.3 Å². The van der Waals surface area contributed by atoms with Crippen molar-refractivity contribution in [1.29, 1.82) is 0 Å². The normalized spacial score (nSPS) is 10.1. The molecule has 2 N–H and O–H groups in total. The number of ether oxygens (including phenoxy) is 1. The zero-order valence-electron chi connectivity index (χ0n) is 10.1. The van der Waals surface area contributed by atoms with Gasteiger partial charge in [-0.15, -0.1) is 5.10 Å². The van der Waals surface area contributed by atoms with Crippen LogP contribution in [0.4, 0.5) is 10.6 Å². The van der Waals surface area contributed by atoms with Crippen LogP contribution in [-0.4, -0.2) is 28.0 Å². The molecular weight excluding hydrogens is 222 g/mol. The summed E-state index contributed by atoms with van der Waals surface area (Å²) in [6, 6.07) is 1.64. The molecule has 0 atom stereocenters. The van der Waals surface area contributed by atoms with E-state index in [9.17, 15) is 4.79 Å². The first-order valence-electron chi connectivity index (χ1n) is 5.55. The van der Waals surface area contributed by atoms with Gasteiger partial charge in [0, 0.05) is 0 Å². The number of hydrogen-bond acceptors (Lipinski definition) is 5. The summed E-state index contributed by atoms with van der Waals surface area (Å²) >= 11 is 0. The summed E-state index contributed by atoms with van der Waals surface area (Å²) in [5.41, 5.74) is 1.27. The van der Waals surface area contributed by atoms with Crippen LogP contribution >= 0.6 is 0 Å². The second-order valence-corrected chi connectivity index (χ2v) is 3.63. The Bertz CT molecular complexity index is 382. The van der Waals surface area contributed by atoms with Crippen LogP contribution in [0.1, 0.15) is 31.0 Å². The molecular formula is C11H17N3O3. The third-order valence-corrected chi connectivity index (χ3v) is 2.20. The number of amides is 1. The van der Waals surface area contributed by atoms with E-state index in [0.29, 0.717) is 18.1 Å². The fourth-order valence-electron chi connectivity index (χ4n) is 1.18. The second kappa shape index (κ2) is 6.80. The van der Waals surface area contributed by atoms with Crippen molar-refractivity contribution in [3.63, 3.8) is 0 Å². The maximum absolute atomic E-state index is 11.3. The molecule has 0 spiro atoms. The van der Waals surface area contributed by atoms with Gasteiger partial charge < -0.3 is 9.84 Å². The maximum atomic E-state index is 11.3. The van der Waals surface area contributed by atoms with Crippen LogP contribution in [0.3, 0.4) is 0 Å². The van der Waals surface area contributed by atoms with E-state index in [2.05, 4.69) is 15.5 Å². The molecule has 0 radical (unpaired) electrons. The monoisotopic (exact) mass is 239 g/mol. The predicted molar refractivity (Wildman–Crippen MR) is 62.6 cm³/mol. The first-order chi connectivity index (χ1) is 8.17. The minimum Gasteiger partial charge on any atom is -0.449 e. The third-order valence-electron chi connectivity index (χ3n) is 2.20. The van der Waals surface area contributed by atoms with Gasteiger partial charge in [0.25, 0.3) is 0 Å². The van der Waals surface area contributed by atoms with E-state index in [1.807, 2.05) is 6.92 Å². The molecule has 0 aliphatic rings. The average molecular weight is 239 g/mol. The molecule has 0 saturated heterocycles. The smallest absolute Gasteiger partial charge is 0.412 e. The van der Waals surface area contributed by atoms with Crippen molar-refractivity contribution in [2.45, 2.75) is 33.3 Å². The van der Waals surface area contributed by atoms with E-state index < -0.39 is 6.09 Å². The summed E-state index contributed by atoms with van der Waals surface area (Å²) in [7, 11) is 0. The quantitative estimate of drug-likeness (QED) is 0.763. The summed E-state index contributed by atoms with van der Waals surface area (Å²) in [4.78, 5) is 11.3. The standard InChI is InChI=1S/C11H17N3O3/c1-3-4-5-17-11(16)12-10-6-8(2)9(7-15)13-14-10/h6,15H,3-5,7H2,1-2H3,(H,12,14,16). The number of rotatable bonds is 5. The number of aliphatic hydroxyl groups excluding tert-OH is 1. The van der Waals surface area contributed by atoms with Gasteiger partial charge in [0.2, 0.25) is 0 Å². The average Bonchev–Trinajstić information content (AvgIpc) is 2.29. The SMILES string of the molecule is CCCCOC(=O)Nc1cc(C)c(CO)nn1. The lowest BCUT2D eigenvalue weighted by molar-refractivity contribution is 0.159. The molecule has 0 bridgehead atoms. The van der Waals surface area contributed by atoms with Gasteiger partial charge in [-0.25, -0.2) is 4.79 Å². The number of nitrogens with one attached hydrogen (secondary N) is 1. The molecule has 94 valence electrons. The van der Waals surface area contributed by atoms with Crippen molar-refractivity contribution in [2.24, 2.45) is 0 Å². The number of nitrogens with zero attached hydrogens (tertiary/aromatic N) is 2. The highest BCUT2D eigenvalue weighted by Gasteiger charge is 2.06. The van der Waals surface area contributed by atoms with Crippen molar-refractivity contribution < 1.29 is 14.6 Å². The van der Waals surface area contributed by atoms with Crippen molar-refractivity contribution in [1.82, 2.24) is 10.2 Å². The zero-order chi connectivity index (χ0) is 12.7. The molecule has 6 nitrogen and oxygen atoms in total. The van der Waals surface area contributed by atoms with Gasteiger partial charge in [-0.3, -0.25) is 5.32 Å².